The first-order chi connectivity index (χ1) is 7.63. The third-order valence-electron chi connectivity index (χ3n) is 2.27. The van der Waals surface area contributed by atoms with Gasteiger partial charge in [0.2, 0.25) is 0 Å². The number of alkyl halides is 1. The summed E-state index contributed by atoms with van der Waals surface area (Å²) in [4.78, 5) is 11.7. The van der Waals surface area contributed by atoms with E-state index in [2.05, 4.69) is 6.92 Å². The van der Waals surface area contributed by atoms with E-state index in [1.807, 2.05) is 19.1 Å². The largest absolute Gasteiger partial charge is 0.442 e. The number of carbonyl (C=O) groups is 1. The maximum Gasteiger partial charge on any atom is 0.339 e. The van der Waals surface area contributed by atoms with Gasteiger partial charge in [-0.15, -0.1) is 0 Å². The van der Waals surface area contributed by atoms with E-state index in [9.17, 15) is 4.79 Å². The molecular formula is C13H17ClO2. The van der Waals surface area contributed by atoms with Crippen molar-refractivity contribution in [2.24, 2.45) is 0 Å². The van der Waals surface area contributed by atoms with Gasteiger partial charge >= 0.3 is 5.97 Å². The number of rotatable bonds is 5. The summed E-state index contributed by atoms with van der Waals surface area (Å²) < 4.78 is 5.12. The van der Waals surface area contributed by atoms with Gasteiger partial charge in [-0.05, 0) is 31.9 Å². The van der Waals surface area contributed by atoms with Crippen LogP contribution in [0.1, 0.15) is 42.1 Å². The number of ether oxygens (including phenoxy) is 1. The molecule has 1 rings (SSSR count). The van der Waals surface area contributed by atoms with Crippen LogP contribution in [0.15, 0.2) is 24.3 Å². The van der Waals surface area contributed by atoms with Gasteiger partial charge < -0.3 is 4.74 Å². The highest BCUT2D eigenvalue weighted by atomic mass is 35.5. The molecule has 0 amide bonds. The van der Waals surface area contributed by atoms with Crippen molar-refractivity contribution in [3.05, 3.63) is 35.4 Å². The third-order valence-corrected chi connectivity index (χ3v) is 2.58. The summed E-state index contributed by atoms with van der Waals surface area (Å²) in [6, 6.07) is 7.30. The Kier molecular flexibility index (Phi) is 5.33. The first-order valence-electron chi connectivity index (χ1n) is 5.55. The van der Waals surface area contributed by atoms with Crippen molar-refractivity contribution in [3.63, 3.8) is 0 Å². The number of hydrogen-bond acceptors (Lipinski definition) is 2. The van der Waals surface area contributed by atoms with Crippen LogP contribution in [-0.4, -0.2) is 11.5 Å². The molecule has 1 atom stereocenters. The van der Waals surface area contributed by atoms with Crippen LogP contribution < -0.4 is 0 Å². The summed E-state index contributed by atoms with van der Waals surface area (Å²) in [7, 11) is 0. The van der Waals surface area contributed by atoms with Crippen molar-refractivity contribution in [3.8, 4) is 0 Å². The Balaban J connectivity index is 2.52. The van der Waals surface area contributed by atoms with E-state index in [-0.39, 0.29) is 5.97 Å². The molecule has 0 saturated carbocycles. The van der Waals surface area contributed by atoms with Crippen LogP contribution >= 0.6 is 11.6 Å². The lowest BCUT2D eigenvalue weighted by molar-refractivity contribution is 0.0434. The number of carbonyl (C=O) groups excluding carboxylic acids is 1. The van der Waals surface area contributed by atoms with Gasteiger partial charge in [-0.1, -0.05) is 42.6 Å². The number of hydrogen-bond donors (Lipinski definition) is 0. The molecule has 0 saturated heterocycles. The van der Waals surface area contributed by atoms with E-state index in [1.54, 1.807) is 12.1 Å². The summed E-state index contributed by atoms with van der Waals surface area (Å²) >= 11 is 5.90. The fraction of sp³-hybridized carbons (Fsp3) is 0.462. The van der Waals surface area contributed by atoms with Gasteiger partial charge in [-0.2, -0.15) is 0 Å². The Morgan fingerprint density at radius 2 is 2.25 bits per heavy atom. The molecule has 2 nitrogen and oxygen atoms in total. The van der Waals surface area contributed by atoms with Crippen LogP contribution in [-0.2, 0) is 4.74 Å². The van der Waals surface area contributed by atoms with Crippen LogP contribution in [0.2, 0.25) is 0 Å². The van der Waals surface area contributed by atoms with Crippen LogP contribution in [0.5, 0.6) is 0 Å². The molecule has 1 unspecified atom stereocenters. The number of esters is 1. The van der Waals surface area contributed by atoms with Gasteiger partial charge in [-0.3, -0.25) is 0 Å². The van der Waals surface area contributed by atoms with Gasteiger partial charge in [0.25, 0.3) is 0 Å². The van der Waals surface area contributed by atoms with Crippen molar-refractivity contribution in [2.75, 3.05) is 0 Å². The lowest BCUT2D eigenvalue weighted by Crippen LogP contribution is -2.12. The zero-order valence-corrected chi connectivity index (χ0v) is 10.5. The SMILES string of the molecule is CCCCC(Cl)OC(=O)c1cccc(C)c1. The average molecular weight is 241 g/mol. The minimum atomic E-state index is -0.520. The van der Waals surface area contributed by atoms with Gasteiger partial charge in [0, 0.05) is 0 Å². The zero-order valence-electron chi connectivity index (χ0n) is 9.70. The lowest BCUT2D eigenvalue weighted by atomic mass is 10.1. The fourth-order valence-electron chi connectivity index (χ4n) is 1.38. The summed E-state index contributed by atoms with van der Waals surface area (Å²) in [6.07, 6.45) is 2.72. The van der Waals surface area contributed by atoms with Gasteiger partial charge in [-0.25, -0.2) is 4.79 Å². The third kappa shape index (κ3) is 4.23. The second kappa shape index (κ2) is 6.54. The van der Waals surface area contributed by atoms with Crippen molar-refractivity contribution >= 4 is 17.6 Å². The molecule has 0 aliphatic carbocycles. The van der Waals surface area contributed by atoms with E-state index in [0.717, 1.165) is 18.4 Å². The minimum absolute atomic E-state index is 0.347. The molecule has 0 aliphatic heterocycles. The highest BCUT2D eigenvalue weighted by molar-refractivity contribution is 6.20. The zero-order chi connectivity index (χ0) is 12.0. The molecule has 0 radical (unpaired) electrons. The minimum Gasteiger partial charge on any atom is -0.442 e. The van der Waals surface area contributed by atoms with Crippen molar-refractivity contribution in [1.82, 2.24) is 0 Å². The Labute approximate surface area is 102 Å². The second-order valence-electron chi connectivity index (χ2n) is 3.83. The Hall–Kier alpha value is -1.02. The van der Waals surface area contributed by atoms with Crippen molar-refractivity contribution in [2.45, 2.75) is 38.7 Å². The van der Waals surface area contributed by atoms with Crippen LogP contribution in [0.4, 0.5) is 0 Å². The highest BCUT2D eigenvalue weighted by Gasteiger charge is 2.12. The maximum atomic E-state index is 11.7. The molecule has 3 heteroatoms. The second-order valence-corrected chi connectivity index (χ2v) is 4.31. The molecule has 0 aliphatic rings. The van der Waals surface area contributed by atoms with Crippen molar-refractivity contribution in [1.29, 1.82) is 0 Å². The van der Waals surface area contributed by atoms with Gasteiger partial charge in [0.15, 0.2) is 5.56 Å². The monoisotopic (exact) mass is 240 g/mol. The predicted molar refractivity (Wildman–Crippen MR) is 65.8 cm³/mol. The molecule has 0 spiro atoms. The molecule has 0 aromatic heterocycles. The maximum absolute atomic E-state index is 11.7. The molecule has 0 heterocycles. The smallest absolute Gasteiger partial charge is 0.339 e. The molecule has 1 aromatic rings. The Bertz CT molecular complexity index is 350. The van der Waals surface area contributed by atoms with E-state index < -0.39 is 5.56 Å². The topological polar surface area (TPSA) is 26.3 Å². The normalized spacial score (nSPS) is 12.2. The predicted octanol–water partition coefficient (Wildman–Crippen LogP) is 3.91. The van der Waals surface area contributed by atoms with E-state index in [1.165, 1.54) is 0 Å². The first kappa shape index (κ1) is 13.0. The Morgan fingerprint density at radius 1 is 1.50 bits per heavy atom. The van der Waals surface area contributed by atoms with Gasteiger partial charge in [0.05, 0.1) is 5.56 Å². The van der Waals surface area contributed by atoms with Crippen LogP contribution in [0.25, 0.3) is 0 Å². The average Bonchev–Trinajstić information content (AvgIpc) is 2.26. The first-order valence-corrected chi connectivity index (χ1v) is 5.99. The summed E-state index contributed by atoms with van der Waals surface area (Å²) in [6.45, 7) is 4.01. The number of unbranched alkanes of at least 4 members (excludes halogenated alkanes) is 1. The van der Waals surface area contributed by atoms with E-state index >= 15 is 0 Å². The summed E-state index contributed by atoms with van der Waals surface area (Å²) in [5.74, 6) is -0.347. The highest BCUT2D eigenvalue weighted by Crippen LogP contribution is 2.13. The van der Waals surface area contributed by atoms with Crippen LogP contribution in [0, 0.1) is 6.92 Å². The van der Waals surface area contributed by atoms with Crippen molar-refractivity contribution < 1.29 is 9.53 Å². The molecule has 16 heavy (non-hydrogen) atoms. The molecule has 0 fully saturated rings. The molecule has 1 aromatic carbocycles. The molecule has 88 valence electrons. The fourth-order valence-corrected chi connectivity index (χ4v) is 1.61. The standard InChI is InChI=1S/C13H17ClO2/c1-3-4-8-12(14)16-13(15)11-7-5-6-10(2)9-11/h5-7,9,12H,3-4,8H2,1-2H3. The Morgan fingerprint density at radius 3 is 2.88 bits per heavy atom. The van der Waals surface area contributed by atoms with E-state index in [0.29, 0.717) is 12.0 Å². The lowest BCUT2D eigenvalue weighted by Gasteiger charge is -2.10. The number of halogens is 1. The van der Waals surface area contributed by atoms with E-state index in [4.69, 9.17) is 16.3 Å². The summed E-state index contributed by atoms with van der Waals surface area (Å²) in [5.41, 5.74) is 1.07. The molecule has 0 N–H and O–H groups in total. The van der Waals surface area contributed by atoms with Gasteiger partial charge in [0.1, 0.15) is 0 Å². The number of benzene rings is 1. The molecular weight excluding hydrogens is 224 g/mol. The summed E-state index contributed by atoms with van der Waals surface area (Å²) in [5, 5.41) is 0. The number of aryl methyl sites for hydroxylation is 1. The molecule has 0 bridgehead atoms. The quantitative estimate of drug-likeness (QED) is 0.576. The van der Waals surface area contributed by atoms with Crippen LogP contribution in [0.3, 0.4) is 0 Å².